The minimum absolute atomic E-state index is 0. The van der Waals surface area contributed by atoms with Gasteiger partial charge in [-0.1, -0.05) is 12.8 Å². The number of anilines is 4. The lowest BCUT2D eigenvalue weighted by molar-refractivity contribution is -0.140. The van der Waals surface area contributed by atoms with E-state index in [1.807, 2.05) is 7.05 Å². The molecule has 2 amide bonds. The normalized spacial score (nSPS) is 20.3. The standard InChI is InChI=1S/C27H34F3N7O3.2H2/c1-35-10-8-16(9-11-35)32-24(38)18-12-22(40-3)20(13-19(18)28)33-26-31-14-21-23(34-26)37(17-6-4-5-7-17)15-27(29,30)25(39)36(21)2;;/h12-14,16-17H,4-11,15H2,1-3H3,(H,32,38)(H,31,33,34);2*1H. The van der Waals surface area contributed by atoms with Crippen molar-refractivity contribution in [3.8, 4) is 5.75 Å². The number of carbonyl (C=O) groups excluding carboxylic acids is 2. The molecule has 2 fully saturated rings. The van der Waals surface area contributed by atoms with Crippen LogP contribution in [-0.2, 0) is 4.79 Å². The summed E-state index contributed by atoms with van der Waals surface area (Å²) in [4.78, 5) is 38.6. The van der Waals surface area contributed by atoms with Crippen LogP contribution in [0.15, 0.2) is 18.3 Å². The number of hydrogen-bond acceptors (Lipinski definition) is 8. The molecule has 0 unspecified atom stereocenters. The predicted octanol–water partition coefficient (Wildman–Crippen LogP) is 4.04. The molecule has 1 saturated carbocycles. The van der Waals surface area contributed by atoms with E-state index in [9.17, 15) is 18.4 Å². The van der Waals surface area contributed by atoms with Crippen LogP contribution in [0.5, 0.6) is 5.75 Å². The number of hydrogen-bond donors (Lipinski definition) is 2. The van der Waals surface area contributed by atoms with Gasteiger partial charge in [0.15, 0.2) is 5.82 Å². The molecule has 13 heteroatoms. The Morgan fingerprint density at radius 1 is 1.15 bits per heavy atom. The number of aromatic nitrogens is 2. The highest BCUT2D eigenvalue weighted by molar-refractivity contribution is 6.02. The van der Waals surface area contributed by atoms with Crippen molar-refractivity contribution in [1.29, 1.82) is 0 Å². The van der Waals surface area contributed by atoms with E-state index in [2.05, 4.69) is 25.5 Å². The van der Waals surface area contributed by atoms with E-state index in [4.69, 9.17) is 4.74 Å². The molecule has 2 aliphatic heterocycles. The number of methoxy groups -OCH3 is 1. The lowest BCUT2D eigenvalue weighted by Gasteiger charge is -2.31. The fourth-order valence-corrected chi connectivity index (χ4v) is 5.63. The second-order valence-corrected chi connectivity index (χ2v) is 10.7. The Balaban J connectivity index is 0.00000242. The topological polar surface area (TPSA) is 103 Å². The van der Waals surface area contributed by atoms with Crippen molar-refractivity contribution in [1.82, 2.24) is 20.2 Å². The maximum Gasteiger partial charge on any atom is 0.342 e. The van der Waals surface area contributed by atoms with Gasteiger partial charge in [0.1, 0.15) is 17.3 Å². The van der Waals surface area contributed by atoms with E-state index >= 15 is 4.39 Å². The predicted molar refractivity (Wildman–Crippen MR) is 148 cm³/mol. The number of nitrogens with zero attached hydrogens (tertiary/aromatic N) is 5. The lowest BCUT2D eigenvalue weighted by Crippen LogP contribution is -2.48. The van der Waals surface area contributed by atoms with Crippen LogP contribution < -0.4 is 25.2 Å². The zero-order valence-electron chi connectivity index (χ0n) is 22.8. The molecule has 1 aliphatic carbocycles. The van der Waals surface area contributed by atoms with Gasteiger partial charge in [0.25, 0.3) is 11.8 Å². The summed E-state index contributed by atoms with van der Waals surface area (Å²) in [5.74, 6) is -5.82. The van der Waals surface area contributed by atoms with Crippen molar-refractivity contribution in [2.75, 3.05) is 56.0 Å². The van der Waals surface area contributed by atoms with E-state index in [-0.39, 0.29) is 49.4 Å². The Kier molecular flexibility index (Phi) is 7.76. The Bertz CT molecular complexity index is 1290. The number of fused-ring (bicyclic) bond motifs is 1. The number of alkyl halides is 2. The number of amides is 2. The maximum absolute atomic E-state index is 15.2. The molecule has 2 aromatic rings. The largest absolute Gasteiger partial charge is 0.495 e. The summed E-state index contributed by atoms with van der Waals surface area (Å²) in [5.41, 5.74) is 0.171. The summed E-state index contributed by atoms with van der Waals surface area (Å²) in [6.45, 7) is 0.906. The summed E-state index contributed by atoms with van der Waals surface area (Å²) in [6, 6.07) is 2.19. The van der Waals surface area contributed by atoms with Gasteiger partial charge in [-0.05, 0) is 51.9 Å². The van der Waals surface area contributed by atoms with Gasteiger partial charge >= 0.3 is 5.92 Å². The van der Waals surface area contributed by atoms with Crippen LogP contribution in [0.25, 0.3) is 0 Å². The molecule has 1 saturated heterocycles. The summed E-state index contributed by atoms with van der Waals surface area (Å²) < 4.78 is 50.3. The highest BCUT2D eigenvalue weighted by atomic mass is 19.3. The first-order chi connectivity index (χ1) is 19.1. The molecule has 220 valence electrons. The first-order valence-electron chi connectivity index (χ1n) is 13.5. The summed E-state index contributed by atoms with van der Waals surface area (Å²) in [7, 11) is 4.68. The van der Waals surface area contributed by atoms with Gasteiger partial charge < -0.3 is 30.1 Å². The SMILES string of the molecule is COc1cc(C(=O)NC2CCN(C)CC2)c(F)cc1Nc1ncc2c(n1)N(C1CCCC1)CC(F)(F)C(=O)N2C.[HH].[HH]. The van der Waals surface area contributed by atoms with Crippen LogP contribution in [0.2, 0.25) is 0 Å². The number of likely N-dealkylation sites (tertiary alicyclic amines) is 1. The molecular formula is C27H38F3N7O3. The van der Waals surface area contributed by atoms with Crippen molar-refractivity contribution in [3.63, 3.8) is 0 Å². The Morgan fingerprint density at radius 2 is 1.85 bits per heavy atom. The summed E-state index contributed by atoms with van der Waals surface area (Å²) >= 11 is 0. The van der Waals surface area contributed by atoms with E-state index < -0.39 is 30.1 Å². The third-order valence-electron chi connectivity index (χ3n) is 7.97. The first-order valence-corrected chi connectivity index (χ1v) is 13.5. The second kappa shape index (κ2) is 11.1. The highest BCUT2D eigenvalue weighted by Crippen LogP contribution is 2.40. The molecule has 0 spiro atoms. The molecule has 5 rings (SSSR count). The molecule has 3 aliphatic rings. The minimum atomic E-state index is -3.60. The number of halogens is 3. The van der Waals surface area contributed by atoms with Gasteiger partial charge in [0.2, 0.25) is 5.95 Å². The van der Waals surface area contributed by atoms with Crippen LogP contribution in [0, 0.1) is 5.82 Å². The zero-order valence-corrected chi connectivity index (χ0v) is 22.8. The zero-order chi connectivity index (χ0) is 28.6. The molecular weight excluding hydrogens is 527 g/mol. The highest BCUT2D eigenvalue weighted by Gasteiger charge is 2.48. The van der Waals surface area contributed by atoms with Crippen LogP contribution in [0.3, 0.4) is 0 Å². The van der Waals surface area contributed by atoms with Crippen LogP contribution >= 0.6 is 0 Å². The third kappa shape index (κ3) is 5.51. The number of nitrogens with one attached hydrogen (secondary N) is 2. The molecule has 1 aromatic heterocycles. The number of piperidine rings is 1. The van der Waals surface area contributed by atoms with Crippen LogP contribution in [-0.4, -0.2) is 85.5 Å². The van der Waals surface area contributed by atoms with Crippen LogP contribution in [0.4, 0.5) is 36.3 Å². The number of rotatable bonds is 6. The molecule has 2 N–H and O–H groups in total. The summed E-state index contributed by atoms with van der Waals surface area (Å²) in [5, 5.41) is 5.80. The Morgan fingerprint density at radius 3 is 2.52 bits per heavy atom. The third-order valence-corrected chi connectivity index (χ3v) is 7.97. The Labute approximate surface area is 233 Å². The number of benzene rings is 1. The molecule has 1 aromatic carbocycles. The quantitative estimate of drug-likeness (QED) is 0.541. The van der Waals surface area contributed by atoms with Crippen molar-refractivity contribution < 1.29 is 30.4 Å². The van der Waals surface area contributed by atoms with Gasteiger partial charge in [-0.25, -0.2) is 9.37 Å². The molecule has 0 radical (unpaired) electrons. The maximum atomic E-state index is 15.2. The van der Waals surface area contributed by atoms with Crippen LogP contribution in [0.1, 0.15) is 51.7 Å². The van der Waals surface area contributed by atoms with E-state index in [1.54, 1.807) is 0 Å². The monoisotopic (exact) mass is 565 g/mol. The van der Waals surface area contributed by atoms with Gasteiger partial charge in [-0.15, -0.1) is 0 Å². The van der Waals surface area contributed by atoms with E-state index in [1.165, 1.54) is 31.3 Å². The number of carbonyl (C=O) groups is 2. The van der Waals surface area contributed by atoms with Gasteiger partial charge in [-0.3, -0.25) is 9.59 Å². The van der Waals surface area contributed by atoms with Crippen molar-refractivity contribution >= 4 is 35.0 Å². The average Bonchev–Trinajstić information content (AvgIpc) is 3.45. The summed E-state index contributed by atoms with van der Waals surface area (Å²) in [6.07, 6.45) is 6.08. The fraction of sp³-hybridized carbons (Fsp3) is 0.556. The lowest BCUT2D eigenvalue weighted by atomic mass is 10.0. The Hall–Kier alpha value is -3.61. The van der Waals surface area contributed by atoms with Crippen molar-refractivity contribution in [3.05, 3.63) is 29.7 Å². The smallest absolute Gasteiger partial charge is 0.342 e. The van der Waals surface area contributed by atoms with E-state index in [0.717, 1.165) is 49.7 Å². The van der Waals surface area contributed by atoms with Gasteiger partial charge in [0.05, 0.1) is 31.1 Å². The van der Waals surface area contributed by atoms with Crippen molar-refractivity contribution in [2.45, 2.75) is 56.5 Å². The molecule has 0 atom stereocenters. The minimum Gasteiger partial charge on any atom is -0.495 e. The second-order valence-electron chi connectivity index (χ2n) is 10.7. The molecule has 10 nitrogen and oxygen atoms in total. The van der Waals surface area contributed by atoms with Crippen molar-refractivity contribution in [2.24, 2.45) is 0 Å². The molecule has 40 heavy (non-hydrogen) atoms. The molecule has 3 heterocycles. The molecule has 0 bridgehead atoms. The first kappa shape index (κ1) is 27.9. The van der Waals surface area contributed by atoms with Gasteiger partial charge in [-0.2, -0.15) is 13.8 Å². The van der Waals surface area contributed by atoms with Gasteiger partial charge in [0, 0.05) is 28.1 Å². The van der Waals surface area contributed by atoms with E-state index in [0.29, 0.717) is 12.8 Å². The number of ether oxygens (including phenoxy) is 1. The average molecular weight is 566 g/mol. The fourth-order valence-electron chi connectivity index (χ4n) is 5.63.